The molecule has 0 fully saturated rings. The summed E-state index contributed by atoms with van der Waals surface area (Å²) >= 11 is 0. The van der Waals surface area contributed by atoms with Gasteiger partial charge in [0.05, 0.1) is 31.2 Å². The molecule has 2 heterocycles. The minimum atomic E-state index is -0.379. The molecule has 2 aromatic carbocycles. The van der Waals surface area contributed by atoms with E-state index in [-0.39, 0.29) is 11.9 Å². The number of esters is 1. The summed E-state index contributed by atoms with van der Waals surface area (Å²) in [4.78, 5) is 18.3. The van der Waals surface area contributed by atoms with Gasteiger partial charge >= 0.3 is 5.97 Å². The number of nitrogens with one attached hydrogen (secondary N) is 1. The average Bonchev–Trinajstić information content (AvgIpc) is 2.86. The first-order valence-electron chi connectivity index (χ1n) is 10.6. The Morgan fingerprint density at radius 1 is 1.25 bits per heavy atom. The van der Waals surface area contributed by atoms with Crippen LogP contribution in [0.15, 0.2) is 67.5 Å². The number of carbonyl (C=O) groups is 1. The molecule has 0 saturated heterocycles. The van der Waals surface area contributed by atoms with Gasteiger partial charge in [0.2, 0.25) is 0 Å². The van der Waals surface area contributed by atoms with Crippen molar-refractivity contribution in [3.8, 4) is 5.75 Å². The zero-order valence-corrected chi connectivity index (χ0v) is 18.4. The topological polar surface area (TPSA) is 63.7 Å². The highest BCUT2D eigenvalue weighted by Crippen LogP contribution is 2.38. The van der Waals surface area contributed by atoms with Gasteiger partial charge < -0.3 is 19.7 Å². The van der Waals surface area contributed by atoms with Crippen LogP contribution in [-0.4, -0.2) is 38.3 Å². The van der Waals surface area contributed by atoms with Crippen LogP contribution in [0.5, 0.6) is 5.75 Å². The highest BCUT2D eigenvalue weighted by Gasteiger charge is 2.23. The summed E-state index contributed by atoms with van der Waals surface area (Å²) in [5, 5.41) is 3.38. The van der Waals surface area contributed by atoms with Crippen molar-refractivity contribution in [1.29, 1.82) is 0 Å². The lowest BCUT2D eigenvalue weighted by atomic mass is 9.92. The molecule has 0 amide bonds. The number of aromatic nitrogens is 1. The Bertz CT molecular complexity index is 1110. The third-order valence-corrected chi connectivity index (χ3v) is 5.83. The van der Waals surface area contributed by atoms with E-state index >= 15 is 0 Å². The predicted molar refractivity (Wildman–Crippen MR) is 128 cm³/mol. The van der Waals surface area contributed by atoms with Crippen molar-refractivity contribution in [1.82, 2.24) is 4.98 Å². The van der Waals surface area contributed by atoms with E-state index in [1.165, 1.54) is 7.11 Å². The number of nitrogens with zero attached hydrogens (tertiary/aromatic N) is 2. The number of methoxy groups -OCH3 is 1. The highest BCUT2D eigenvalue weighted by atomic mass is 16.5. The summed E-state index contributed by atoms with van der Waals surface area (Å²) < 4.78 is 10.9. The van der Waals surface area contributed by atoms with Crippen molar-refractivity contribution in [3.63, 3.8) is 0 Å². The number of ether oxygens (including phenoxy) is 2. The van der Waals surface area contributed by atoms with Gasteiger partial charge in [0.15, 0.2) is 0 Å². The summed E-state index contributed by atoms with van der Waals surface area (Å²) in [7, 11) is 3.42. The number of hydrogen-bond donors (Lipinski definition) is 1. The summed E-state index contributed by atoms with van der Waals surface area (Å²) in [6.45, 7) is 5.13. The van der Waals surface area contributed by atoms with Crippen LogP contribution in [0.3, 0.4) is 0 Å². The number of carbonyl (C=O) groups excluding carboxylic acids is 1. The van der Waals surface area contributed by atoms with Crippen molar-refractivity contribution in [2.45, 2.75) is 12.3 Å². The lowest BCUT2D eigenvalue weighted by molar-refractivity contribution is 0.0601. The van der Waals surface area contributed by atoms with E-state index in [0.717, 1.165) is 34.7 Å². The summed E-state index contributed by atoms with van der Waals surface area (Å²) in [5.41, 5.74) is 5.56. The molecule has 0 bridgehead atoms. The largest absolute Gasteiger partial charge is 0.493 e. The first-order chi connectivity index (χ1) is 15.6. The normalized spacial score (nSPS) is 14.6. The Morgan fingerprint density at radius 3 is 2.78 bits per heavy atom. The molecule has 1 aromatic heterocycles. The number of rotatable bonds is 7. The van der Waals surface area contributed by atoms with Crippen molar-refractivity contribution >= 4 is 29.1 Å². The number of pyridine rings is 1. The lowest BCUT2D eigenvalue weighted by Crippen LogP contribution is -2.22. The van der Waals surface area contributed by atoms with Crippen molar-refractivity contribution in [3.05, 3.63) is 84.2 Å². The standard InChI is InChI=1S/C26H27N3O3/c1-4-18-5-7-20(8-6-18)29(2)21-9-10-22-19(12-14-32-25(22)15-21)16-28-24-17-27-13-11-23(24)26(30)31-3/h4-11,13,15,17,19,28H,1,12,14,16H2,2-3H3/t19-/m0/s1. The van der Waals surface area contributed by atoms with E-state index in [9.17, 15) is 4.79 Å². The Kier molecular flexibility index (Phi) is 6.40. The molecule has 1 aliphatic heterocycles. The molecule has 164 valence electrons. The maximum Gasteiger partial charge on any atom is 0.340 e. The fourth-order valence-corrected chi connectivity index (χ4v) is 3.91. The van der Waals surface area contributed by atoms with E-state index in [0.29, 0.717) is 24.4 Å². The van der Waals surface area contributed by atoms with Crippen molar-refractivity contribution in [2.24, 2.45) is 0 Å². The zero-order valence-electron chi connectivity index (χ0n) is 18.4. The molecule has 6 heteroatoms. The van der Waals surface area contributed by atoms with Crippen LogP contribution >= 0.6 is 0 Å². The van der Waals surface area contributed by atoms with Crippen LogP contribution in [0.1, 0.15) is 33.8 Å². The van der Waals surface area contributed by atoms with Crippen LogP contribution in [-0.2, 0) is 4.74 Å². The molecule has 6 nitrogen and oxygen atoms in total. The SMILES string of the molecule is C=Cc1ccc(N(C)c2ccc3c(c2)OCC[C@H]3CNc2cnccc2C(=O)OC)cc1. The fourth-order valence-electron chi connectivity index (χ4n) is 3.91. The van der Waals surface area contributed by atoms with Gasteiger partial charge in [-0.05, 0) is 41.8 Å². The molecule has 4 rings (SSSR count). The molecule has 0 saturated carbocycles. The summed E-state index contributed by atoms with van der Waals surface area (Å²) in [6.07, 6.45) is 5.97. The van der Waals surface area contributed by atoms with E-state index in [4.69, 9.17) is 9.47 Å². The van der Waals surface area contributed by atoms with E-state index in [1.807, 2.05) is 13.1 Å². The summed E-state index contributed by atoms with van der Waals surface area (Å²) in [6, 6.07) is 16.3. The monoisotopic (exact) mass is 429 g/mol. The fraction of sp³-hybridized carbons (Fsp3) is 0.231. The molecule has 1 aliphatic rings. The third-order valence-electron chi connectivity index (χ3n) is 5.83. The quantitative estimate of drug-likeness (QED) is 0.517. The van der Waals surface area contributed by atoms with Gasteiger partial charge in [-0.25, -0.2) is 4.79 Å². The van der Waals surface area contributed by atoms with Gasteiger partial charge in [-0.3, -0.25) is 4.98 Å². The smallest absolute Gasteiger partial charge is 0.340 e. The number of fused-ring (bicyclic) bond motifs is 1. The highest BCUT2D eigenvalue weighted by molar-refractivity contribution is 5.95. The molecule has 3 aromatic rings. The van der Waals surface area contributed by atoms with Crippen LogP contribution in [0, 0.1) is 0 Å². The van der Waals surface area contributed by atoms with Crippen LogP contribution < -0.4 is 15.0 Å². The summed E-state index contributed by atoms with van der Waals surface area (Å²) in [5.74, 6) is 0.779. The Hall–Kier alpha value is -3.80. The molecule has 1 N–H and O–H groups in total. The molecular weight excluding hydrogens is 402 g/mol. The predicted octanol–water partition coefficient (Wildman–Crippen LogP) is 5.26. The second kappa shape index (κ2) is 9.56. The first kappa shape index (κ1) is 21.4. The molecular formula is C26H27N3O3. The van der Waals surface area contributed by atoms with Crippen LogP contribution in [0.2, 0.25) is 0 Å². The maximum atomic E-state index is 12.0. The van der Waals surface area contributed by atoms with Gasteiger partial charge in [0.1, 0.15) is 5.75 Å². The maximum absolute atomic E-state index is 12.0. The molecule has 32 heavy (non-hydrogen) atoms. The molecule has 0 unspecified atom stereocenters. The van der Waals surface area contributed by atoms with Crippen LogP contribution in [0.25, 0.3) is 6.08 Å². The van der Waals surface area contributed by atoms with Gasteiger partial charge in [-0.2, -0.15) is 0 Å². The van der Waals surface area contributed by atoms with Gasteiger partial charge in [-0.15, -0.1) is 0 Å². The zero-order chi connectivity index (χ0) is 22.5. The number of anilines is 3. The van der Waals surface area contributed by atoms with E-state index in [2.05, 4.69) is 64.2 Å². The van der Waals surface area contributed by atoms with Gasteiger partial charge in [0, 0.05) is 43.1 Å². The second-order valence-electron chi connectivity index (χ2n) is 7.70. The van der Waals surface area contributed by atoms with E-state index < -0.39 is 0 Å². The van der Waals surface area contributed by atoms with Gasteiger partial charge in [0.25, 0.3) is 0 Å². The number of hydrogen-bond acceptors (Lipinski definition) is 6. The molecule has 0 radical (unpaired) electrons. The van der Waals surface area contributed by atoms with Crippen LogP contribution in [0.4, 0.5) is 17.1 Å². The Morgan fingerprint density at radius 2 is 2.03 bits per heavy atom. The minimum absolute atomic E-state index is 0.260. The van der Waals surface area contributed by atoms with Crippen molar-refractivity contribution in [2.75, 3.05) is 37.5 Å². The molecule has 0 spiro atoms. The van der Waals surface area contributed by atoms with E-state index in [1.54, 1.807) is 18.5 Å². The lowest BCUT2D eigenvalue weighted by Gasteiger charge is -2.28. The van der Waals surface area contributed by atoms with Gasteiger partial charge in [-0.1, -0.05) is 30.9 Å². The third kappa shape index (κ3) is 4.44. The Labute approximate surface area is 188 Å². The number of benzene rings is 2. The molecule has 0 aliphatic carbocycles. The first-order valence-corrected chi connectivity index (χ1v) is 10.6. The average molecular weight is 430 g/mol. The van der Waals surface area contributed by atoms with Crippen molar-refractivity contribution < 1.29 is 14.3 Å². The molecule has 1 atom stereocenters. The Balaban J connectivity index is 1.51. The minimum Gasteiger partial charge on any atom is -0.493 e. The second-order valence-corrected chi connectivity index (χ2v) is 7.70.